The van der Waals surface area contributed by atoms with Gasteiger partial charge in [0.25, 0.3) is 0 Å². The number of aromatic nitrogens is 1. The number of anilines is 1. The fourth-order valence-electron chi connectivity index (χ4n) is 2.89. The van der Waals surface area contributed by atoms with Gasteiger partial charge >= 0.3 is 0 Å². The van der Waals surface area contributed by atoms with Crippen LogP contribution in [0.15, 0.2) is 35.2 Å². The zero-order valence-corrected chi connectivity index (χ0v) is 17.7. The van der Waals surface area contributed by atoms with E-state index in [1.165, 1.54) is 0 Å². The van der Waals surface area contributed by atoms with Crippen molar-refractivity contribution in [3.8, 4) is 0 Å². The van der Waals surface area contributed by atoms with Gasteiger partial charge in [0, 0.05) is 43.2 Å². The standard InChI is InChI=1S/C18H24N4O2S.2ClH/c1-22(10-17-12-25-13-20-17)9-14-3-2-4-15(7-14)21-18(23)8-16-11-24-6-5-19-16;;/h2-4,7,12-13,16,19H,5-6,8-11H2,1H3,(H,21,23);2*1H. The Morgan fingerprint density at radius 2 is 2.26 bits per heavy atom. The number of morpholine rings is 1. The minimum atomic E-state index is 0. The third-order valence-corrected chi connectivity index (χ3v) is 4.64. The number of rotatable bonds is 7. The molecule has 150 valence electrons. The molecule has 27 heavy (non-hydrogen) atoms. The molecule has 3 rings (SSSR count). The number of ether oxygens (including phenoxy) is 1. The van der Waals surface area contributed by atoms with E-state index < -0.39 is 0 Å². The smallest absolute Gasteiger partial charge is 0.226 e. The lowest BCUT2D eigenvalue weighted by molar-refractivity contribution is -0.117. The highest BCUT2D eigenvalue weighted by atomic mass is 35.5. The lowest BCUT2D eigenvalue weighted by Gasteiger charge is -2.23. The zero-order valence-electron chi connectivity index (χ0n) is 15.2. The van der Waals surface area contributed by atoms with Crippen LogP contribution in [0.1, 0.15) is 17.7 Å². The van der Waals surface area contributed by atoms with Crippen LogP contribution in [-0.4, -0.2) is 48.6 Å². The first-order valence-electron chi connectivity index (χ1n) is 8.44. The number of hydrogen-bond acceptors (Lipinski definition) is 6. The molecule has 0 bridgehead atoms. The quantitative estimate of drug-likeness (QED) is 0.703. The predicted octanol–water partition coefficient (Wildman–Crippen LogP) is 2.94. The lowest BCUT2D eigenvalue weighted by Crippen LogP contribution is -2.43. The maximum atomic E-state index is 12.2. The molecule has 2 N–H and O–H groups in total. The summed E-state index contributed by atoms with van der Waals surface area (Å²) >= 11 is 1.61. The van der Waals surface area contributed by atoms with Gasteiger partial charge in [-0.05, 0) is 24.7 Å². The van der Waals surface area contributed by atoms with Crippen molar-refractivity contribution < 1.29 is 9.53 Å². The molecule has 1 aromatic carbocycles. The number of carbonyl (C=O) groups excluding carboxylic acids is 1. The summed E-state index contributed by atoms with van der Waals surface area (Å²) in [7, 11) is 2.07. The van der Waals surface area contributed by atoms with Crippen LogP contribution in [0.2, 0.25) is 0 Å². The first-order valence-corrected chi connectivity index (χ1v) is 9.39. The molecule has 1 unspecified atom stereocenters. The number of nitrogens with zero attached hydrogens (tertiary/aromatic N) is 2. The molecule has 1 aliphatic rings. The van der Waals surface area contributed by atoms with Crippen LogP contribution >= 0.6 is 36.2 Å². The average molecular weight is 433 g/mol. The summed E-state index contributed by atoms with van der Waals surface area (Å²) < 4.78 is 5.39. The van der Waals surface area contributed by atoms with Crippen LogP contribution in [0.4, 0.5) is 5.69 Å². The largest absolute Gasteiger partial charge is 0.378 e. The third kappa shape index (κ3) is 8.13. The Labute approximate surface area is 176 Å². The molecule has 1 aromatic heterocycles. The predicted molar refractivity (Wildman–Crippen MR) is 114 cm³/mol. The van der Waals surface area contributed by atoms with E-state index in [1.54, 1.807) is 11.3 Å². The summed E-state index contributed by atoms with van der Waals surface area (Å²) in [4.78, 5) is 18.7. The Hall–Kier alpha value is -1.22. The fourth-order valence-corrected chi connectivity index (χ4v) is 3.44. The van der Waals surface area contributed by atoms with Crippen molar-refractivity contribution in [1.29, 1.82) is 0 Å². The summed E-state index contributed by atoms with van der Waals surface area (Å²) in [6.45, 7) is 3.73. The van der Waals surface area contributed by atoms with Crippen LogP contribution in [0, 0.1) is 0 Å². The van der Waals surface area contributed by atoms with Crippen LogP contribution in [0.3, 0.4) is 0 Å². The first-order chi connectivity index (χ1) is 12.2. The molecule has 0 aliphatic carbocycles. The Balaban J connectivity index is 0.00000182. The number of amides is 1. The topological polar surface area (TPSA) is 66.5 Å². The molecule has 1 aliphatic heterocycles. The molecule has 2 aromatic rings. The molecule has 0 saturated carbocycles. The van der Waals surface area contributed by atoms with Gasteiger partial charge < -0.3 is 15.4 Å². The molecule has 2 heterocycles. The molecule has 0 spiro atoms. The highest BCUT2D eigenvalue weighted by molar-refractivity contribution is 7.07. The average Bonchev–Trinajstić information content (AvgIpc) is 3.08. The van der Waals surface area contributed by atoms with Gasteiger partial charge in [0.1, 0.15) is 0 Å². The maximum absolute atomic E-state index is 12.2. The van der Waals surface area contributed by atoms with E-state index in [-0.39, 0.29) is 36.8 Å². The molecule has 1 amide bonds. The SMILES string of the molecule is CN(Cc1cccc(NC(=O)CC2COCCN2)c1)Cc1cscn1.Cl.Cl. The normalized spacial score (nSPS) is 16.3. The van der Waals surface area contributed by atoms with Gasteiger partial charge in [-0.1, -0.05) is 12.1 Å². The minimum Gasteiger partial charge on any atom is -0.378 e. The third-order valence-electron chi connectivity index (χ3n) is 4.01. The van der Waals surface area contributed by atoms with Crippen molar-refractivity contribution in [2.75, 3.05) is 32.1 Å². The summed E-state index contributed by atoms with van der Waals surface area (Å²) in [5.41, 5.74) is 4.93. The monoisotopic (exact) mass is 432 g/mol. The van der Waals surface area contributed by atoms with Crippen LogP contribution in [0.25, 0.3) is 0 Å². The van der Waals surface area contributed by atoms with Gasteiger partial charge in [-0.3, -0.25) is 9.69 Å². The van der Waals surface area contributed by atoms with E-state index in [4.69, 9.17) is 4.74 Å². The van der Waals surface area contributed by atoms with E-state index in [0.717, 1.165) is 36.6 Å². The van der Waals surface area contributed by atoms with Gasteiger partial charge in [0.2, 0.25) is 5.91 Å². The second-order valence-electron chi connectivity index (χ2n) is 6.33. The molecular weight excluding hydrogens is 407 g/mol. The van der Waals surface area contributed by atoms with E-state index in [2.05, 4.69) is 39.0 Å². The van der Waals surface area contributed by atoms with Crippen LogP contribution in [0.5, 0.6) is 0 Å². The van der Waals surface area contributed by atoms with Crippen LogP contribution in [-0.2, 0) is 22.6 Å². The van der Waals surface area contributed by atoms with E-state index >= 15 is 0 Å². The molecule has 6 nitrogen and oxygen atoms in total. The van der Waals surface area contributed by atoms with E-state index in [1.807, 2.05) is 23.7 Å². The van der Waals surface area contributed by atoms with Gasteiger partial charge in [-0.2, -0.15) is 0 Å². The van der Waals surface area contributed by atoms with Crippen molar-refractivity contribution in [1.82, 2.24) is 15.2 Å². The molecule has 0 radical (unpaired) electrons. The fraction of sp³-hybridized carbons (Fsp3) is 0.444. The van der Waals surface area contributed by atoms with Crippen molar-refractivity contribution in [3.63, 3.8) is 0 Å². The second-order valence-corrected chi connectivity index (χ2v) is 7.05. The molecule has 1 fully saturated rings. The number of halogens is 2. The number of nitrogens with one attached hydrogen (secondary N) is 2. The Bertz CT molecular complexity index is 682. The van der Waals surface area contributed by atoms with Crippen molar-refractivity contribution >= 4 is 47.7 Å². The summed E-state index contributed by atoms with van der Waals surface area (Å²) in [6.07, 6.45) is 0.425. The second kappa shape index (κ2) is 12.3. The number of benzene rings is 1. The van der Waals surface area contributed by atoms with Crippen molar-refractivity contribution in [2.24, 2.45) is 0 Å². The Kier molecular flexibility index (Phi) is 10.8. The molecule has 9 heteroatoms. The lowest BCUT2D eigenvalue weighted by atomic mass is 10.1. The van der Waals surface area contributed by atoms with E-state index in [0.29, 0.717) is 19.6 Å². The molecular formula is C18H26Cl2N4O2S. The number of thiazole rings is 1. The number of hydrogen-bond donors (Lipinski definition) is 2. The van der Waals surface area contributed by atoms with Crippen molar-refractivity contribution in [3.05, 3.63) is 46.4 Å². The Morgan fingerprint density at radius 1 is 1.41 bits per heavy atom. The Morgan fingerprint density at radius 3 is 2.96 bits per heavy atom. The molecule has 1 saturated heterocycles. The summed E-state index contributed by atoms with van der Waals surface area (Å²) in [5, 5.41) is 8.35. The molecule has 1 atom stereocenters. The highest BCUT2D eigenvalue weighted by Crippen LogP contribution is 2.14. The van der Waals surface area contributed by atoms with Crippen molar-refractivity contribution in [2.45, 2.75) is 25.6 Å². The van der Waals surface area contributed by atoms with Gasteiger partial charge in [0.05, 0.1) is 24.4 Å². The number of carbonyl (C=O) groups is 1. The summed E-state index contributed by atoms with van der Waals surface area (Å²) in [5.74, 6) is 0.0102. The van der Waals surface area contributed by atoms with E-state index in [9.17, 15) is 4.79 Å². The zero-order chi connectivity index (χ0) is 17.5. The first kappa shape index (κ1) is 23.8. The minimum absolute atomic E-state index is 0. The van der Waals surface area contributed by atoms with Gasteiger partial charge in [-0.15, -0.1) is 36.2 Å². The summed E-state index contributed by atoms with van der Waals surface area (Å²) in [6, 6.07) is 8.10. The van der Waals surface area contributed by atoms with Crippen LogP contribution < -0.4 is 10.6 Å². The maximum Gasteiger partial charge on any atom is 0.226 e. The highest BCUT2D eigenvalue weighted by Gasteiger charge is 2.17. The van der Waals surface area contributed by atoms with Gasteiger partial charge in [-0.25, -0.2) is 4.98 Å². The van der Waals surface area contributed by atoms with Gasteiger partial charge in [0.15, 0.2) is 0 Å².